The van der Waals surface area contributed by atoms with Crippen molar-refractivity contribution < 1.29 is 13.6 Å². The summed E-state index contributed by atoms with van der Waals surface area (Å²) in [6.07, 6.45) is 1.30. The Morgan fingerprint density at radius 1 is 1.09 bits per heavy atom. The van der Waals surface area contributed by atoms with Gasteiger partial charge in [-0.3, -0.25) is 14.3 Å². The van der Waals surface area contributed by atoms with Gasteiger partial charge in [0.2, 0.25) is 5.91 Å². The molecule has 0 unspecified atom stereocenters. The van der Waals surface area contributed by atoms with Crippen molar-refractivity contribution >= 4 is 57.6 Å². The number of hydrogen-bond acceptors (Lipinski definition) is 8. The molecule has 246 valence electrons. The Morgan fingerprint density at radius 3 is 2.64 bits per heavy atom. The van der Waals surface area contributed by atoms with E-state index in [4.69, 9.17) is 23.2 Å². The maximum Gasteiger partial charge on any atom is 0.350 e. The van der Waals surface area contributed by atoms with Crippen LogP contribution >= 0.6 is 35.0 Å². The Hall–Kier alpha value is -3.52. The standard InChI is InChI=1S/C32H32Cl2F2N8O2S/c1-5-27(45)42-11-17(3)43(12-16(42)2)31-21-9-23(34)28(20-8-22(33)25(36)10-24(20)35)30-29(21)44(32(46)37-31)19(15-47-30)13-40-6-7-41-18(4)38-39-26(41)14-40/h5,8-10,16-17,19H,1,6-7,11-15H2,2-4H3/t16-,17+,19+/m1/s1. The van der Waals surface area contributed by atoms with Gasteiger partial charge in [0, 0.05) is 78.0 Å². The zero-order valence-electron chi connectivity index (χ0n) is 26.0. The Labute approximate surface area is 283 Å². The minimum atomic E-state index is -0.876. The summed E-state index contributed by atoms with van der Waals surface area (Å²) in [5, 5.41) is 9.16. The summed E-state index contributed by atoms with van der Waals surface area (Å²) >= 11 is 14.6. The van der Waals surface area contributed by atoms with E-state index in [2.05, 4.69) is 31.2 Å². The average molecular weight is 702 g/mol. The summed E-state index contributed by atoms with van der Waals surface area (Å²) in [4.78, 5) is 38.0. The minimum Gasteiger partial charge on any atom is -0.349 e. The van der Waals surface area contributed by atoms with Crippen molar-refractivity contribution in [3.05, 3.63) is 74.7 Å². The van der Waals surface area contributed by atoms with Gasteiger partial charge in [0.15, 0.2) is 0 Å². The van der Waals surface area contributed by atoms with Gasteiger partial charge in [-0.1, -0.05) is 29.8 Å². The molecule has 0 radical (unpaired) electrons. The number of rotatable bonds is 5. The lowest BCUT2D eigenvalue weighted by atomic mass is 10.0. The lowest BCUT2D eigenvalue weighted by Crippen LogP contribution is -2.58. The van der Waals surface area contributed by atoms with Gasteiger partial charge in [-0.15, -0.1) is 22.0 Å². The first-order chi connectivity index (χ1) is 22.5. The highest BCUT2D eigenvalue weighted by molar-refractivity contribution is 7.99. The fourth-order valence-corrected chi connectivity index (χ4v) is 8.88. The molecule has 4 aromatic rings. The van der Waals surface area contributed by atoms with E-state index in [9.17, 15) is 14.0 Å². The smallest absolute Gasteiger partial charge is 0.349 e. The Kier molecular flexibility index (Phi) is 8.30. The Balaban J connectivity index is 1.39. The average Bonchev–Trinajstić information content (AvgIpc) is 3.41. The van der Waals surface area contributed by atoms with Crippen LogP contribution in [-0.4, -0.2) is 84.0 Å². The number of halogens is 4. The summed E-state index contributed by atoms with van der Waals surface area (Å²) in [5.41, 5.74) is 0.536. The first-order valence-electron chi connectivity index (χ1n) is 15.3. The quantitative estimate of drug-likeness (QED) is 0.204. The van der Waals surface area contributed by atoms with E-state index in [1.807, 2.05) is 25.7 Å². The van der Waals surface area contributed by atoms with Gasteiger partial charge in [-0.2, -0.15) is 4.98 Å². The van der Waals surface area contributed by atoms with E-state index in [0.29, 0.717) is 59.1 Å². The van der Waals surface area contributed by atoms with Gasteiger partial charge in [-0.25, -0.2) is 13.6 Å². The van der Waals surface area contributed by atoms with Gasteiger partial charge in [0.1, 0.15) is 29.1 Å². The van der Waals surface area contributed by atoms with Crippen LogP contribution in [0.2, 0.25) is 10.0 Å². The third kappa shape index (κ3) is 5.41. The van der Waals surface area contributed by atoms with Crippen LogP contribution in [0.1, 0.15) is 31.5 Å². The second-order valence-corrected chi connectivity index (χ2v) is 14.2. The SMILES string of the molecule is C=CC(=O)N1C[C@H](C)N(c2nc(=O)n3c4c(c(-c5cc(Cl)c(F)cc5F)c(Cl)cc24)SC[C@@H]3CN2CCn3c(C)nnc3C2)C[C@H]1C. The molecule has 0 aliphatic carbocycles. The molecule has 2 aromatic carbocycles. The van der Waals surface area contributed by atoms with Crippen LogP contribution in [0.4, 0.5) is 14.6 Å². The van der Waals surface area contributed by atoms with Crippen molar-refractivity contribution in [2.45, 2.75) is 56.9 Å². The third-order valence-corrected chi connectivity index (χ3v) is 11.2. The lowest BCUT2D eigenvalue weighted by molar-refractivity contribution is -0.128. The molecule has 47 heavy (non-hydrogen) atoms. The predicted octanol–water partition coefficient (Wildman–Crippen LogP) is 5.32. The molecule has 2 aromatic heterocycles. The highest BCUT2D eigenvalue weighted by atomic mass is 35.5. The van der Waals surface area contributed by atoms with E-state index < -0.39 is 17.3 Å². The number of hydrogen-bond donors (Lipinski definition) is 0. The second kappa shape index (κ2) is 12.2. The van der Waals surface area contributed by atoms with Crippen LogP contribution in [0, 0.1) is 18.6 Å². The monoisotopic (exact) mass is 700 g/mol. The maximum absolute atomic E-state index is 15.4. The highest BCUT2D eigenvalue weighted by Crippen LogP contribution is 2.49. The summed E-state index contributed by atoms with van der Waals surface area (Å²) in [7, 11) is 0. The maximum atomic E-state index is 15.4. The van der Waals surface area contributed by atoms with E-state index in [1.165, 1.54) is 23.9 Å². The molecule has 10 nitrogen and oxygen atoms in total. The molecule has 0 bridgehead atoms. The molecule has 1 saturated heterocycles. The lowest BCUT2D eigenvalue weighted by Gasteiger charge is -2.45. The van der Waals surface area contributed by atoms with Crippen LogP contribution in [0.3, 0.4) is 0 Å². The Bertz CT molecular complexity index is 2020. The molecule has 0 N–H and O–H groups in total. The number of nitrogens with zero attached hydrogens (tertiary/aromatic N) is 8. The second-order valence-electron chi connectivity index (χ2n) is 12.4. The van der Waals surface area contributed by atoms with Crippen LogP contribution in [0.25, 0.3) is 22.0 Å². The fourth-order valence-electron chi connectivity index (χ4n) is 7.03. The van der Waals surface area contributed by atoms with Crippen LogP contribution in [0.15, 0.2) is 40.5 Å². The van der Waals surface area contributed by atoms with Gasteiger partial charge in [0.25, 0.3) is 0 Å². The third-order valence-electron chi connectivity index (χ3n) is 9.36. The van der Waals surface area contributed by atoms with Gasteiger partial charge in [0.05, 0.1) is 28.1 Å². The van der Waals surface area contributed by atoms with E-state index in [0.717, 1.165) is 30.8 Å². The molecule has 3 aliphatic heterocycles. The summed E-state index contributed by atoms with van der Waals surface area (Å²) in [6.45, 7) is 13.0. The van der Waals surface area contributed by atoms with E-state index in [-0.39, 0.29) is 39.6 Å². The first kappa shape index (κ1) is 32.0. The molecule has 1 fully saturated rings. The van der Waals surface area contributed by atoms with Gasteiger partial charge < -0.3 is 14.4 Å². The van der Waals surface area contributed by atoms with Crippen LogP contribution in [0.5, 0.6) is 0 Å². The van der Waals surface area contributed by atoms with Crippen LogP contribution in [-0.2, 0) is 17.9 Å². The number of carbonyl (C=O) groups excluding carboxylic acids is 1. The molecule has 0 spiro atoms. The van der Waals surface area contributed by atoms with Crippen LogP contribution < -0.4 is 10.6 Å². The minimum absolute atomic E-state index is 0.0471. The molecule has 0 saturated carbocycles. The number of thioether (sulfide) groups is 1. The van der Waals surface area contributed by atoms with Crippen molar-refractivity contribution in [2.24, 2.45) is 0 Å². The number of piperazine rings is 1. The van der Waals surface area contributed by atoms with Crippen molar-refractivity contribution in [1.29, 1.82) is 0 Å². The van der Waals surface area contributed by atoms with E-state index >= 15 is 4.39 Å². The normalized spacial score (nSPS) is 21.3. The van der Waals surface area contributed by atoms with Crippen molar-refractivity contribution in [1.82, 2.24) is 34.1 Å². The number of benzene rings is 2. The number of aromatic nitrogens is 5. The van der Waals surface area contributed by atoms with E-state index in [1.54, 1.807) is 15.5 Å². The summed E-state index contributed by atoms with van der Waals surface area (Å²) < 4.78 is 33.4. The molecule has 3 atom stereocenters. The van der Waals surface area contributed by atoms with Gasteiger partial charge >= 0.3 is 5.69 Å². The Morgan fingerprint density at radius 2 is 1.87 bits per heavy atom. The largest absolute Gasteiger partial charge is 0.350 e. The number of carbonyl (C=O) groups is 1. The molecule has 7 rings (SSSR count). The number of fused-ring (bicyclic) bond motifs is 1. The number of amides is 1. The number of aryl methyl sites for hydroxylation is 1. The summed E-state index contributed by atoms with van der Waals surface area (Å²) in [6, 6.07) is 3.05. The van der Waals surface area contributed by atoms with Crippen molar-refractivity contribution in [2.75, 3.05) is 36.8 Å². The summed E-state index contributed by atoms with van der Waals surface area (Å²) in [5.74, 6) is 0.834. The highest BCUT2D eigenvalue weighted by Gasteiger charge is 2.37. The topological polar surface area (TPSA) is 92.4 Å². The van der Waals surface area contributed by atoms with Crippen molar-refractivity contribution in [3.8, 4) is 11.1 Å². The van der Waals surface area contributed by atoms with Crippen molar-refractivity contribution in [3.63, 3.8) is 0 Å². The number of anilines is 1. The molecule has 1 amide bonds. The fraction of sp³-hybridized carbons (Fsp3) is 0.406. The molecule has 5 heterocycles. The zero-order chi connectivity index (χ0) is 33.3. The first-order valence-corrected chi connectivity index (χ1v) is 17.1. The molecule has 15 heteroatoms. The molecular weight excluding hydrogens is 669 g/mol. The predicted molar refractivity (Wildman–Crippen MR) is 179 cm³/mol. The zero-order valence-corrected chi connectivity index (χ0v) is 28.3. The molecular formula is C32H32Cl2F2N8O2S. The molecule has 3 aliphatic rings. The van der Waals surface area contributed by atoms with Gasteiger partial charge in [-0.05, 0) is 39.0 Å².